The topological polar surface area (TPSA) is 68.0 Å². The Morgan fingerprint density at radius 1 is 1.47 bits per heavy atom. The molecule has 2 rings (SSSR count). The van der Waals surface area contributed by atoms with Crippen LogP contribution in [0, 0.1) is 12.7 Å². The number of hydrogen-bond acceptors (Lipinski definition) is 3. The molecule has 0 spiro atoms. The van der Waals surface area contributed by atoms with Gasteiger partial charge in [0.15, 0.2) is 0 Å². The smallest absolute Gasteiger partial charge is 0.259 e. The number of amides is 1. The molecule has 0 bridgehead atoms. The summed E-state index contributed by atoms with van der Waals surface area (Å²) in [5.41, 5.74) is 6.66. The molecule has 0 aliphatic heterocycles. The summed E-state index contributed by atoms with van der Waals surface area (Å²) in [5, 5.41) is 2.62. The van der Waals surface area contributed by atoms with E-state index in [0.717, 1.165) is 0 Å². The molecular formula is C13H11BrFN3O. The normalized spacial score (nSPS) is 10.3. The van der Waals surface area contributed by atoms with Crippen molar-refractivity contribution < 1.29 is 9.18 Å². The molecule has 1 aromatic carbocycles. The average molecular weight is 324 g/mol. The van der Waals surface area contributed by atoms with Gasteiger partial charge in [-0.25, -0.2) is 9.37 Å². The van der Waals surface area contributed by atoms with Gasteiger partial charge in [0.1, 0.15) is 11.6 Å². The van der Waals surface area contributed by atoms with Crippen molar-refractivity contribution in [2.45, 2.75) is 6.92 Å². The molecule has 0 fully saturated rings. The SMILES string of the molecule is Cc1c(F)cccc1NC(=O)c1cc(Br)cnc1N. The van der Waals surface area contributed by atoms with Crippen molar-refractivity contribution >= 4 is 33.3 Å². The Balaban J connectivity index is 2.31. The van der Waals surface area contributed by atoms with Gasteiger partial charge in [-0.15, -0.1) is 0 Å². The van der Waals surface area contributed by atoms with Crippen molar-refractivity contribution in [3.8, 4) is 0 Å². The molecule has 0 unspecified atom stereocenters. The van der Waals surface area contributed by atoms with Crippen LogP contribution in [-0.4, -0.2) is 10.9 Å². The number of carbonyl (C=O) groups is 1. The second-order valence-corrected chi connectivity index (χ2v) is 4.87. The fraction of sp³-hybridized carbons (Fsp3) is 0.0769. The van der Waals surface area contributed by atoms with Crippen molar-refractivity contribution in [2.24, 2.45) is 0 Å². The third kappa shape index (κ3) is 2.90. The van der Waals surface area contributed by atoms with Gasteiger partial charge in [0.2, 0.25) is 0 Å². The maximum absolute atomic E-state index is 13.4. The van der Waals surface area contributed by atoms with Gasteiger partial charge < -0.3 is 11.1 Å². The summed E-state index contributed by atoms with van der Waals surface area (Å²) in [4.78, 5) is 16.0. The molecule has 0 saturated heterocycles. The minimum Gasteiger partial charge on any atom is -0.383 e. The first kappa shape index (κ1) is 13.5. The van der Waals surface area contributed by atoms with Gasteiger partial charge in [-0.05, 0) is 41.1 Å². The third-order valence-electron chi connectivity index (χ3n) is 2.65. The van der Waals surface area contributed by atoms with Crippen LogP contribution in [0.4, 0.5) is 15.9 Å². The van der Waals surface area contributed by atoms with Gasteiger partial charge >= 0.3 is 0 Å². The van der Waals surface area contributed by atoms with E-state index in [2.05, 4.69) is 26.2 Å². The van der Waals surface area contributed by atoms with Gasteiger partial charge in [0, 0.05) is 21.9 Å². The molecular weight excluding hydrogens is 313 g/mol. The number of anilines is 2. The first-order chi connectivity index (χ1) is 8.99. The molecule has 98 valence electrons. The number of nitrogens with zero attached hydrogens (tertiary/aromatic N) is 1. The molecule has 1 aromatic heterocycles. The zero-order valence-electron chi connectivity index (χ0n) is 10.1. The zero-order chi connectivity index (χ0) is 14.0. The maximum atomic E-state index is 13.4. The highest BCUT2D eigenvalue weighted by molar-refractivity contribution is 9.10. The van der Waals surface area contributed by atoms with Crippen molar-refractivity contribution in [3.63, 3.8) is 0 Å². The quantitative estimate of drug-likeness (QED) is 0.892. The summed E-state index contributed by atoms with van der Waals surface area (Å²) in [5.74, 6) is -0.687. The summed E-state index contributed by atoms with van der Waals surface area (Å²) >= 11 is 3.22. The monoisotopic (exact) mass is 323 g/mol. The lowest BCUT2D eigenvalue weighted by atomic mass is 10.1. The first-order valence-corrected chi connectivity index (χ1v) is 6.26. The predicted molar refractivity (Wildman–Crippen MR) is 75.4 cm³/mol. The number of aromatic nitrogens is 1. The summed E-state index contributed by atoms with van der Waals surface area (Å²) in [6.45, 7) is 1.59. The number of nitrogens with two attached hydrogens (primary N) is 1. The Bertz CT molecular complexity index is 646. The Hall–Kier alpha value is -1.95. The standard InChI is InChI=1S/C13H11BrFN3O/c1-7-10(15)3-2-4-11(7)18-13(19)9-5-8(14)6-17-12(9)16/h2-6H,1H3,(H2,16,17)(H,18,19). The molecule has 0 aliphatic carbocycles. The van der Waals surface area contributed by atoms with E-state index in [-0.39, 0.29) is 17.2 Å². The fourth-order valence-corrected chi connectivity index (χ4v) is 1.90. The van der Waals surface area contributed by atoms with Crippen LogP contribution in [0.25, 0.3) is 0 Å². The second-order valence-electron chi connectivity index (χ2n) is 3.95. The van der Waals surface area contributed by atoms with Crippen molar-refractivity contribution in [1.29, 1.82) is 0 Å². The van der Waals surface area contributed by atoms with E-state index in [1.54, 1.807) is 19.1 Å². The second kappa shape index (κ2) is 5.36. The third-order valence-corrected chi connectivity index (χ3v) is 3.08. The molecule has 0 radical (unpaired) electrons. The largest absolute Gasteiger partial charge is 0.383 e. The molecule has 0 aliphatic rings. The molecule has 1 heterocycles. The molecule has 4 nitrogen and oxygen atoms in total. The lowest BCUT2D eigenvalue weighted by molar-refractivity contribution is 0.102. The lowest BCUT2D eigenvalue weighted by Crippen LogP contribution is -2.15. The van der Waals surface area contributed by atoms with Crippen LogP contribution in [-0.2, 0) is 0 Å². The predicted octanol–water partition coefficient (Wildman–Crippen LogP) is 3.13. The summed E-state index contributed by atoms with van der Waals surface area (Å²) in [6.07, 6.45) is 1.50. The van der Waals surface area contributed by atoms with Crippen molar-refractivity contribution in [2.75, 3.05) is 11.1 Å². The minimum atomic E-state index is -0.431. The van der Waals surface area contributed by atoms with Crippen LogP contribution in [0.15, 0.2) is 34.9 Å². The molecule has 1 amide bonds. The number of benzene rings is 1. The van der Waals surface area contributed by atoms with Gasteiger partial charge in [0.25, 0.3) is 5.91 Å². The molecule has 3 N–H and O–H groups in total. The molecule has 19 heavy (non-hydrogen) atoms. The average Bonchev–Trinajstić information content (AvgIpc) is 2.38. The Morgan fingerprint density at radius 3 is 2.95 bits per heavy atom. The van der Waals surface area contributed by atoms with E-state index in [1.807, 2.05) is 0 Å². The number of rotatable bonds is 2. The van der Waals surface area contributed by atoms with Crippen molar-refractivity contribution in [3.05, 3.63) is 51.9 Å². The van der Waals surface area contributed by atoms with Crippen LogP contribution in [0.5, 0.6) is 0 Å². The molecule has 0 atom stereocenters. The van der Waals surface area contributed by atoms with Crippen molar-refractivity contribution in [1.82, 2.24) is 4.98 Å². The van der Waals surface area contributed by atoms with Crippen LogP contribution < -0.4 is 11.1 Å². The highest BCUT2D eigenvalue weighted by atomic mass is 79.9. The van der Waals surface area contributed by atoms with E-state index >= 15 is 0 Å². The van der Waals surface area contributed by atoms with Crippen LogP contribution >= 0.6 is 15.9 Å². The molecule has 2 aromatic rings. The van der Waals surface area contributed by atoms with E-state index in [1.165, 1.54) is 18.3 Å². The van der Waals surface area contributed by atoms with Gasteiger partial charge in [-0.1, -0.05) is 6.07 Å². The number of nitrogen functional groups attached to an aromatic ring is 1. The molecule has 0 saturated carbocycles. The van der Waals surface area contributed by atoms with Gasteiger partial charge in [-0.3, -0.25) is 4.79 Å². The lowest BCUT2D eigenvalue weighted by Gasteiger charge is -2.10. The highest BCUT2D eigenvalue weighted by Crippen LogP contribution is 2.20. The summed E-state index contributed by atoms with van der Waals surface area (Å²) in [6, 6.07) is 6.05. The Morgan fingerprint density at radius 2 is 2.21 bits per heavy atom. The Kier molecular flexibility index (Phi) is 3.80. The maximum Gasteiger partial charge on any atom is 0.259 e. The number of halogens is 2. The van der Waals surface area contributed by atoms with E-state index in [0.29, 0.717) is 15.7 Å². The van der Waals surface area contributed by atoms with Crippen LogP contribution in [0.2, 0.25) is 0 Å². The van der Waals surface area contributed by atoms with E-state index in [9.17, 15) is 9.18 Å². The van der Waals surface area contributed by atoms with Gasteiger partial charge in [-0.2, -0.15) is 0 Å². The number of pyridine rings is 1. The van der Waals surface area contributed by atoms with E-state index in [4.69, 9.17) is 5.73 Å². The van der Waals surface area contributed by atoms with Crippen LogP contribution in [0.1, 0.15) is 15.9 Å². The van der Waals surface area contributed by atoms with Gasteiger partial charge in [0.05, 0.1) is 5.56 Å². The fourth-order valence-electron chi connectivity index (χ4n) is 1.56. The first-order valence-electron chi connectivity index (χ1n) is 5.46. The minimum absolute atomic E-state index is 0.120. The number of hydrogen-bond donors (Lipinski definition) is 2. The van der Waals surface area contributed by atoms with Crippen LogP contribution in [0.3, 0.4) is 0 Å². The number of carbonyl (C=O) groups excluding carboxylic acids is 1. The highest BCUT2D eigenvalue weighted by Gasteiger charge is 2.13. The summed E-state index contributed by atoms with van der Waals surface area (Å²) in [7, 11) is 0. The number of nitrogens with one attached hydrogen (secondary N) is 1. The zero-order valence-corrected chi connectivity index (χ0v) is 11.7. The molecule has 6 heteroatoms. The van der Waals surface area contributed by atoms with E-state index < -0.39 is 5.91 Å². The Labute approximate surface area is 118 Å². The summed E-state index contributed by atoms with van der Waals surface area (Å²) < 4.78 is 14.0.